The van der Waals surface area contributed by atoms with Gasteiger partial charge in [-0.3, -0.25) is 10.1 Å². The van der Waals surface area contributed by atoms with Crippen molar-refractivity contribution in [3.05, 3.63) is 96.1 Å². The minimum Gasteiger partial charge on any atom is -0.438 e. The fraction of sp³-hybridized carbons (Fsp3) is 0.0769. The summed E-state index contributed by atoms with van der Waals surface area (Å²) in [5.41, 5.74) is 4.10. The standard InChI is InChI=1S/C26H21N3O2/c1-29(2)21-15-13-20(14-16-21)25(30)28-26-22(17-27)23(18-9-5-3-6-10-18)24(31-26)19-11-7-4-8-12-19/h3-16H,1-2H3,(H,28,30). The summed E-state index contributed by atoms with van der Waals surface area (Å²) < 4.78 is 6.07. The van der Waals surface area contributed by atoms with E-state index in [4.69, 9.17) is 4.42 Å². The topological polar surface area (TPSA) is 69.3 Å². The van der Waals surface area contributed by atoms with Crippen LogP contribution in [0.2, 0.25) is 0 Å². The van der Waals surface area contributed by atoms with E-state index in [-0.39, 0.29) is 11.8 Å². The third-order valence-corrected chi connectivity index (χ3v) is 4.99. The van der Waals surface area contributed by atoms with E-state index >= 15 is 0 Å². The van der Waals surface area contributed by atoms with Gasteiger partial charge in [-0.1, -0.05) is 60.7 Å². The Morgan fingerprint density at radius 2 is 1.45 bits per heavy atom. The van der Waals surface area contributed by atoms with E-state index in [1.54, 1.807) is 12.1 Å². The number of nitriles is 1. The summed E-state index contributed by atoms with van der Waals surface area (Å²) in [5.74, 6) is 0.346. The van der Waals surface area contributed by atoms with Crippen LogP contribution < -0.4 is 10.2 Å². The number of rotatable bonds is 5. The van der Waals surface area contributed by atoms with E-state index in [1.807, 2.05) is 91.8 Å². The number of nitrogens with zero attached hydrogens (tertiary/aromatic N) is 2. The molecule has 0 saturated carbocycles. The summed E-state index contributed by atoms with van der Waals surface area (Å²) in [5, 5.41) is 12.7. The predicted molar refractivity (Wildman–Crippen MR) is 123 cm³/mol. The Bertz CT molecular complexity index is 1240. The van der Waals surface area contributed by atoms with Gasteiger partial charge in [0.15, 0.2) is 0 Å². The highest BCUT2D eigenvalue weighted by molar-refractivity contribution is 6.05. The van der Waals surface area contributed by atoms with Gasteiger partial charge in [0.1, 0.15) is 17.4 Å². The zero-order chi connectivity index (χ0) is 21.8. The molecule has 1 heterocycles. The first-order valence-corrected chi connectivity index (χ1v) is 9.85. The Labute approximate surface area is 181 Å². The third kappa shape index (κ3) is 4.05. The lowest BCUT2D eigenvalue weighted by Gasteiger charge is -2.12. The summed E-state index contributed by atoms with van der Waals surface area (Å²) in [6, 6.07) is 28.6. The number of anilines is 2. The Kier molecular flexibility index (Phi) is 5.55. The SMILES string of the molecule is CN(C)c1ccc(C(=O)Nc2oc(-c3ccccc3)c(-c3ccccc3)c2C#N)cc1. The maximum atomic E-state index is 12.9. The molecule has 1 N–H and O–H groups in total. The molecule has 4 rings (SSSR count). The van der Waals surface area contributed by atoms with E-state index < -0.39 is 0 Å². The molecule has 1 amide bonds. The molecule has 0 radical (unpaired) electrons. The maximum absolute atomic E-state index is 12.9. The molecule has 4 aromatic rings. The molecule has 31 heavy (non-hydrogen) atoms. The number of hydrogen-bond donors (Lipinski definition) is 1. The van der Waals surface area contributed by atoms with Gasteiger partial charge in [-0.25, -0.2) is 0 Å². The van der Waals surface area contributed by atoms with Crippen molar-refractivity contribution in [2.45, 2.75) is 0 Å². The van der Waals surface area contributed by atoms with Crippen LogP contribution in [0, 0.1) is 11.3 Å². The number of nitrogens with one attached hydrogen (secondary N) is 1. The van der Waals surface area contributed by atoms with Crippen LogP contribution in [-0.2, 0) is 0 Å². The van der Waals surface area contributed by atoms with Gasteiger partial charge in [-0.15, -0.1) is 0 Å². The normalized spacial score (nSPS) is 10.4. The van der Waals surface area contributed by atoms with Gasteiger partial charge in [0.25, 0.3) is 5.91 Å². The number of furan rings is 1. The average molecular weight is 407 g/mol. The van der Waals surface area contributed by atoms with E-state index in [0.29, 0.717) is 22.5 Å². The van der Waals surface area contributed by atoms with Crippen LogP contribution >= 0.6 is 0 Å². The van der Waals surface area contributed by atoms with E-state index in [1.165, 1.54) is 0 Å². The maximum Gasteiger partial charge on any atom is 0.258 e. The van der Waals surface area contributed by atoms with Gasteiger partial charge >= 0.3 is 0 Å². The van der Waals surface area contributed by atoms with Crippen molar-refractivity contribution in [3.63, 3.8) is 0 Å². The quantitative estimate of drug-likeness (QED) is 0.454. The van der Waals surface area contributed by atoms with Crippen molar-refractivity contribution in [1.82, 2.24) is 0 Å². The highest BCUT2D eigenvalue weighted by Gasteiger charge is 2.24. The van der Waals surface area contributed by atoms with E-state index in [2.05, 4.69) is 11.4 Å². The molecule has 1 aromatic heterocycles. The van der Waals surface area contributed by atoms with Gasteiger partial charge in [-0.05, 0) is 29.8 Å². The molecule has 0 bridgehead atoms. The highest BCUT2D eigenvalue weighted by Crippen LogP contribution is 2.41. The molecule has 5 nitrogen and oxygen atoms in total. The third-order valence-electron chi connectivity index (χ3n) is 4.99. The zero-order valence-corrected chi connectivity index (χ0v) is 17.3. The van der Waals surface area contributed by atoms with Crippen molar-refractivity contribution < 1.29 is 9.21 Å². The summed E-state index contributed by atoms with van der Waals surface area (Å²) in [4.78, 5) is 14.8. The molecule has 152 valence electrons. The second-order valence-electron chi connectivity index (χ2n) is 7.25. The first kappa shape index (κ1) is 20.0. The number of benzene rings is 3. The van der Waals surface area contributed by atoms with Gasteiger partial charge in [0.05, 0.1) is 0 Å². The Morgan fingerprint density at radius 3 is 2.00 bits per heavy atom. The van der Waals surface area contributed by atoms with Gasteiger partial charge < -0.3 is 9.32 Å². The molecular weight excluding hydrogens is 386 g/mol. The molecule has 0 aliphatic heterocycles. The summed E-state index contributed by atoms with van der Waals surface area (Å²) in [7, 11) is 3.88. The largest absolute Gasteiger partial charge is 0.438 e. The van der Waals surface area contributed by atoms with Crippen LogP contribution in [0.25, 0.3) is 22.5 Å². The molecule has 0 aliphatic rings. The second kappa shape index (κ2) is 8.60. The van der Waals surface area contributed by atoms with Crippen LogP contribution in [0.3, 0.4) is 0 Å². The lowest BCUT2D eigenvalue weighted by Crippen LogP contribution is -2.13. The van der Waals surface area contributed by atoms with Crippen molar-refractivity contribution in [2.75, 3.05) is 24.3 Å². The van der Waals surface area contributed by atoms with Crippen LogP contribution in [0.1, 0.15) is 15.9 Å². The Hall–Kier alpha value is -4.30. The summed E-state index contributed by atoms with van der Waals surface area (Å²) >= 11 is 0. The fourth-order valence-corrected chi connectivity index (χ4v) is 3.39. The van der Waals surface area contributed by atoms with Gasteiger partial charge in [0, 0.05) is 36.5 Å². The number of carbonyl (C=O) groups is 1. The van der Waals surface area contributed by atoms with E-state index in [0.717, 1.165) is 16.8 Å². The minimum atomic E-state index is -0.338. The highest BCUT2D eigenvalue weighted by atomic mass is 16.4. The molecule has 0 spiro atoms. The number of carbonyl (C=O) groups excluding carboxylic acids is 1. The first-order valence-electron chi connectivity index (χ1n) is 9.85. The lowest BCUT2D eigenvalue weighted by atomic mass is 9.98. The lowest BCUT2D eigenvalue weighted by molar-refractivity contribution is 0.102. The monoisotopic (exact) mass is 407 g/mol. The zero-order valence-electron chi connectivity index (χ0n) is 17.3. The molecular formula is C26H21N3O2. The van der Waals surface area contributed by atoms with Crippen molar-refractivity contribution in [3.8, 4) is 28.5 Å². The smallest absolute Gasteiger partial charge is 0.258 e. The van der Waals surface area contributed by atoms with Crippen LogP contribution in [0.5, 0.6) is 0 Å². The second-order valence-corrected chi connectivity index (χ2v) is 7.25. The fourth-order valence-electron chi connectivity index (χ4n) is 3.39. The molecule has 5 heteroatoms. The molecule has 0 aliphatic carbocycles. The molecule has 3 aromatic carbocycles. The Balaban J connectivity index is 1.77. The van der Waals surface area contributed by atoms with Crippen LogP contribution in [-0.4, -0.2) is 20.0 Å². The summed E-state index contributed by atoms with van der Waals surface area (Å²) in [6.45, 7) is 0. The first-order chi connectivity index (χ1) is 15.1. The Morgan fingerprint density at radius 1 is 0.871 bits per heavy atom. The molecule has 0 saturated heterocycles. The molecule has 0 fully saturated rings. The summed E-state index contributed by atoms with van der Waals surface area (Å²) in [6.07, 6.45) is 0. The van der Waals surface area contributed by atoms with Crippen LogP contribution in [0.15, 0.2) is 89.3 Å². The predicted octanol–water partition coefficient (Wildman–Crippen LogP) is 5.80. The average Bonchev–Trinajstić information content (AvgIpc) is 3.18. The van der Waals surface area contributed by atoms with Crippen molar-refractivity contribution in [1.29, 1.82) is 5.26 Å². The molecule has 0 unspecified atom stereocenters. The molecule has 0 atom stereocenters. The number of amides is 1. The van der Waals surface area contributed by atoms with Crippen molar-refractivity contribution in [2.24, 2.45) is 0 Å². The number of hydrogen-bond acceptors (Lipinski definition) is 4. The van der Waals surface area contributed by atoms with E-state index in [9.17, 15) is 10.1 Å². The van der Waals surface area contributed by atoms with Crippen LogP contribution in [0.4, 0.5) is 11.6 Å². The van der Waals surface area contributed by atoms with Gasteiger partial charge in [-0.2, -0.15) is 5.26 Å². The van der Waals surface area contributed by atoms with Crippen molar-refractivity contribution >= 4 is 17.5 Å². The minimum absolute atomic E-state index is 0.141. The van der Waals surface area contributed by atoms with Gasteiger partial charge in [0.2, 0.25) is 5.88 Å².